The summed E-state index contributed by atoms with van der Waals surface area (Å²) in [4.78, 5) is 23.4. The van der Waals surface area contributed by atoms with E-state index < -0.39 is 12.0 Å². The maximum Gasteiger partial charge on any atom is 0.326 e. The number of carbonyl (C=O) groups is 2. The van der Waals surface area contributed by atoms with E-state index in [9.17, 15) is 14.7 Å². The summed E-state index contributed by atoms with van der Waals surface area (Å²) in [6, 6.07) is 4.16. The summed E-state index contributed by atoms with van der Waals surface area (Å²) >= 11 is 9.27. The number of halogens is 2. The van der Waals surface area contributed by atoms with Crippen LogP contribution in [0.2, 0.25) is 5.02 Å². The molecule has 1 aliphatic heterocycles. The van der Waals surface area contributed by atoms with Crippen molar-refractivity contribution >= 4 is 39.4 Å². The molecule has 114 valence electrons. The Morgan fingerprint density at radius 2 is 2.29 bits per heavy atom. The Hall–Kier alpha value is -1.11. The number of hydrogen-bond donors (Lipinski definition) is 2. The number of rotatable bonds is 5. The lowest BCUT2D eigenvalue weighted by molar-refractivity contribution is -0.142. The fraction of sp³-hybridized carbons (Fsp3) is 0.429. The second-order valence-corrected chi connectivity index (χ2v) is 6.19. The van der Waals surface area contributed by atoms with Gasteiger partial charge in [-0.1, -0.05) is 27.5 Å². The average molecular weight is 377 g/mol. The van der Waals surface area contributed by atoms with Crippen LogP contribution >= 0.6 is 27.5 Å². The first-order valence-corrected chi connectivity index (χ1v) is 7.69. The number of nitrogens with one attached hydrogen (secondary N) is 1. The van der Waals surface area contributed by atoms with E-state index in [1.54, 1.807) is 18.2 Å². The number of carboxylic acids is 1. The van der Waals surface area contributed by atoms with Crippen LogP contribution in [0.15, 0.2) is 22.7 Å². The quantitative estimate of drug-likeness (QED) is 0.826. The van der Waals surface area contributed by atoms with Crippen LogP contribution < -0.4 is 5.32 Å². The number of ether oxygens (including phenoxy) is 1. The summed E-state index contributed by atoms with van der Waals surface area (Å²) in [5.74, 6) is -1.62. The average Bonchev–Trinajstić information content (AvgIpc) is 2.96. The molecule has 2 rings (SSSR count). The minimum atomic E-state index is -1.07. The van der Waals surface area contributed by atoms with Gasteiger partial charge in [-0.25, -0.2) is 4.79 Å². The number of hydrogen-bond acceptors (Lipinski definition) is 3. The topological polar surface area (TPSA) is 75.6 Å². The Labute approximate surface area is 135 Å². The van der Waals surface area contributed by atoms with Crippen LogP contribution in [0.5, 0.6) is 0 Å². The molecule has 1 saturated heterocycles. The van der Waals surface area contributed by atoms with Crippen molar-refractivity contribution < 1.29 is 19.4 Å². The molecular weight excluding hydrogens is 362 g/mol. The Bertz CT molecular complexity index is 546. The van der Waals surface area contributed by atoms with Crippen molar-refractivity contribution in [2.75, 3.05) is 13.2 Å². The molecule has 2 N–H and O–H groups in total. The van der Waals surface area contributed by atoms with Gasteiger partial charge in [0.05, 0.1) is 12.5 Å². The fourth-order valence-corrected chi connectivity index (χ4v) is 2.75. The van der Waals surface area contributed by atoms with Gasteiger partial charge in [0.25, 0.3) is 0 Å². The minimum absolute atomic E-state index is 0.162. The van der Waals surface area contributed by atoms with Gasteiger partial charge in [-0.15, -0.1) is 0 Å². The van der Waals surface area contributed by atoms with E-state index in [1.807, 2.05) is 0 Å². The van der Waals surface area contributed by atoms with Crippen molar-refractivity contribution in [2.45, 2.75) is 18.9 Å². The number of carboxylic acid groups (broad SMARTS) is 1. The van der Waals surface area contributed by atoms with Crippen molar-refractivity contribution in [3.63, 3.8) is 0 Å². The highest BCUT2D eigenvalue weighted by molar-refractivity contribution is 9.10. The molecule has 0 aliphatic carbocycles. The maximum absolute atomic E-state index is 12.0. The molecule has 7 heteroatoms. The van der Waals surface area contributed by atoms with Crippen molar-refractivity contribution in [3.8, 4) is 0 Å². The second kappa shape index (κ2) is 7.24. The predicted molar refractivity (Wildman–Crippen MR) is 81.3 cm³/mol. The molecule has 1 aliphatic rings. The van der Waals surface area contributed by atoms with Gasteiger partial charge < -0.3 is 15.2 Å². The first kappa shape index (κ1) is 16.3. The van der Waals surface area contributed by atoms with Crippen LogP contribution in [0.25, 0.3) is 0 Å². The zero-order valence-corrected chi connectivity index (χ0v) is 13.5. The van der Waals surface area contributed by atoms with Crippen LogP contribution in [0.1, 0.15) is 12.0 Å². The first-order chi connectivity index (χ1) is 9.97. The molecule has 0 unspecified atom stereocenters. The van der Waals surface area contributed by atoms with Crippen LogP contribution in [-0.2, 0) is 20.7 Å². The number of amides is 1. The molecule has 1 aromatic rings. The van der Waals surface area contributed by atoms with Crippen LogP contribution in [0.4, 0.5) is 0 Å². The molecular formula is C14H15BrClNO4. The molecule has 1 fully saturated rings. The Balaban J connectivity index is 2.06. The lowest BCUT2D eigenvalue weighted by Crippen LogP contribution is -2.45. The van der Waals surface area contributed by atoms with E-state index in [2.05, 4.69) is 21.2 Å². The number of benzene rings is 1. The molecule has 1 amide bonds. The first-order valence-electron chi connectivity index (χ1n) is 6.52. The Kier molecular flexibility index (Phi) is 5.61. The van der Waals surface area contributed by atoms with E-state index in [0.717, 1.165) is 10.0 Å². The normalized spacial score (nSPS) is 19.2. The zero-order chi connectivity index (χ0) is 15.4. The minimum Gasteiger partial charge on any atom is -0.480 e. The lowest BCUT2D eigenvalue weighted by atomic mass is 10.0. The van der Waals surface area contributed by atoms with E-state index in [0.29, 0.717) is 24.7 Å². The third-order valence-corrected chi connectivity index (χ3v) is 4.36. The maximum atomic E-state index is 12.0. The molecule has 2 atom stereocenters. The predicted octanol–water partition coefficient (Wildman–Crippen LogP) is 2.25. The SMILES string of the molecule is O=C(N[C@H](Cc1cc(Cl)ccc1Br)C(=O)O)[C@H]1CCOC1. The lowest BCUT2D eigenvalue weighted by Gasteiger charge is -2.17. The third-order valence-electron chi connectivity index (χ3n) is 3.35. The van der Waals surface area contributed by atoms with Crippen molar-refractivity contribution in [1.29, 1.82) is 0 Å². The molecule has 5 nitrogen and oxygen atoms in total. The summed E-state index contributed by atoms with van der Waals surface area (Å²) in [5.41, 5.74) is 0.734. The van der Waals surface area contributed by atoms with Gasteiger partial charge in [-0.3, -0.25) is 4.79 Å². The van der Waals surface area contributed by atoms with Crippen LogP contribution in [0, 0.1) is 5.92 Å². The van der Waals surface area contributed by atoms with E-state index in [-0.39, 0.29) is 18.2 Å². The molecule has 0 spiro atoms. The molecule has 0 bridgehead atoms. The molecule has 21 heavy (non-hydrogen) atoms. The summed E-state index contributed by atoms with van der Waals surface area (Å²) < 4.78 is 5.90. The van der Waals surface area contributed by atoms with Crippen molar-refractivity contribution in [2.24, 2.45) is 5.92 Å². The second-order valence-electron chi connectivity index (χ2n) is 4.90. The fourth-order valence-electron chi connectivity index (χ4n) is 2.15. The van der Waals surface area contributed by atoms with Crippen molar-refractivity contribution in [1.82, 2.24) is 5.32 Å². The Morgan fingerprint density at radius 3 is 2.90 bits per heavy atom. The van der Waals surface area contributed by atoms with E-state index >= 15 is 0 Å². The monoisotopic (exact) mass is 375 g/mol. The molecule has 0 radical (unpaired) electrons. The Morgan fingerprint density at radius 1 is 1.52 bits per heavy atom. The molecule has 0 aromatic heterocycles. The highest BCUT2D eigenvalue weighted by Gasteiger charge is 2.28. The van der Waals surface area contributed by atoms with E-state index in [4.69, 9.17) is 16.3 Å². The largest absolute Gasteiger partial charge is 0.480 e. The van der Waals surface area contributed by atoms with Gasteiger partial charge >= 0.3 is 5.97 Å². The van der Waals surface area contributed by atoms with Gasteiger partial charge in [-0.05, 0) is 30.2 Å². The molecule has 1 heterocycles. The molecule has 1 aromatic carbocycles. The van der Waals surface area contributed by atoms with Crippen molar-refractivity contribution in [3.05, 3.63) is 33.3 Å². The third kappa shape index (κ3) is 4.43. The van der Waals surface area contributed by atoms with Gasteiger partial charge in [0.15, 0.2) is 0 Å². The summed E-state index contributed by atoms with van der Waals surface area (Å²) in [6.07, 6.45) is 0.787. The standard InChI is InChI=1S/C14H15BrClNO4/c15-11-2-1-10(16)5-9(11)6-12(14(19)20)17-13(18)8-3-4-21-7-8/h1-2,5,8,12H,3-4,6-7H2,(H,17,18)(H,19,20)/t8-,12+/m0/s1. The van der Waals surface area contributed by atoms with Gasteiger partial charge in [0, 0.05) is 22.5 Å². The van der Waals surface area contributed by atoms with Crippen LogP contribution in [-0.4, -0.2) is 36.2 Å². The summed E-state index contributed by atoms with van der Waals surface area (Å²) in [7, 11) is 0. The highest BCUT2D eigenvalue weighted by atomic mass is 79.9. The number of aliphatic carboxylic acids is 1. The smallest absolute Gasteiger partial charge is 0.326 e. The van der Waals surface area contributed by atoms with E-state index in [1.165, 1.54) is 0 Å². The zero-order valence-electron chi connectivity index (χ0n) is 11.1. The van der Waals surface area contributed by atoms with Crippen LogP contribution in [0.3, 0.4) is 0 Å². The number of carbonyl (C=O) groups excluding carboxylic acids is 1. The summed E-state index contributed by atoms with van der Waals surface area (Å²) in [5, 5.41) is 12.4. The van der Waals surface area contributed by atoms with Gasteiger partial charge in [-0.2, -0.15) is 0 Å². The summed E-state index contributed by atoms with van der Waals surface area (Å²) in [6.45, 7) is 0.884. The molecule has 0 saturated carbocycles. The van der Waals surface area contributed by atoms with Gasteiger partial charge in [0.2, 0.25) is 5.91 Å². The highest BCUT2D eigenvalue weighted by Crippen LogP contribution is 2.23. The van der Waals surface area contributed by atoms with Gasteiger partial charge in [0.1, 0.15) is 6.04 Å².